The highest BCUT2D eigenvalue weighted by Gasteiger charge is 2.39. The van der Waals surface area contributed by atoms with Gasteiger partial charge in [-0.05, 0) is 48.6 Å². The van der Waals surface area contributed by atoms with E-state index in [-0.39, 0.29) is 63.6 Å². The van der Waals surface area contributed by atoms with Crippen LogP contribution >= 0.6 is 0 Å². The van der Waals surface area contributed by atoms with Crippen LogP contribution in [0.4, 0.5) is 11.4 Å². The Balaban J connectivity index is 1.34. The molecule has 0 atom stereocenters. The quantitative estimate of drug-likeness (QED) is 0.0612. The summed E-state index contributed by atoms with van der Waals surface area (Å²) in [5.74, 6) is -3.65. The standard InChI is InChI=1S/C41H28N2O14S3/c44-37(20-9-2-1-3-10-20)35-32-22-12-4-5-13-23(22)40(47)33-28(18-31(60(55,56)57)36(34(32)33)43-41(35)48)42-27-17-21(29(58(49,50)51)19-30(27)59(52,53)54)11-8-16-26-38(45)24-14-6-7-15-25(24)39(26)46/h1-7,9-10,12-15,17-19,26,42H,8,11,16H2,(H,43,48)(H,49,50,51)(H,52,53,54)(H,55,56,57). The number of ketones is 4. The van der Waals surface area contributed by atoms with E-state index < -0.39 is 108 Å². The average molecular weight is 869 g/mol. The lowest BCUT2D eigenvalue weighted by atomic mass is 9.80. The molecule has 19 heteroatoms. The first kappa shape index (κ1) is 40.3. The van der Waals surface area contributed by atoms with Crippen molar-refractivity contribution in [2.45, 2.75) is 33.9 Å². The molecule has 0 saturated carbocycles. The first-order chi connectivity index (χ1) is 28.3. The molecule has 0 amide bonds. The summed E-state index contributed by atoms with van der Waals surface area (Å²) >= 11 is 0. The van der Waals surface area contributed by atoms with Crippen molar-refractivity contribution in [1.29, 1.82) is 0 Å². The lowest BCUT2D eigenvalue weighted by Gasteiger charge is -2.25. The minimum Gasteiger partial charge on any atom is -0.354 e. The summed E-state index contributed by atoms with van der Waals surface area (Å²) in [5.41, 5.74) is -3.81. The molecule has 16 nitrogen and oxygen atoms in total. The van der Waals surface area contributed by atoms with E-state index >= 15 is 0 Å². The summed E-state index contributed by atoms with van der Waals surface area (Å²) in [6.07, 6.45) is -0.473. The predicted molar refractivity (Wildman–Crippen MR) is 214 cm³/mol. The highest BCUT2D eigenvalue weighted by Crippen LogP contribution is 2.46. The van der Waals surface area contributed by atoms with Crippen molar-refractivity contribution in [3.05, 3.63) is 146 Å². The van der Waals surface area contributed by atoms with Gasteiger partial charge in [-0.2, -0.15) is 25.3 Å². The van der Waals surface area contributed by atoms with Gasteiger partial charge in [-0.25, -0.2) is 0 Å². The van der Waals surface area contributed by atoms with Gasteiger partial charge in [0.2, 0.25) is 0 Å². The molecule has 0 aliphatic heterocycles. The van der Waals surface area contributed by atoms with Crippen molar-refractivity contribution < 1.29 is 58.1 Å². The Bertz CT molecular complexity index is 3310. The molecular weight excluding hydrogens is 841 g/mol. The lowest BCUT2D eigenvalue weighted by Crippen LogP contribution is -2.25. The summed E-state index contributed by atoms with van der Waals surface area (Å²) in [6, 6.07) is 21.5. The number of pyridine rings is 1. The minimum absolute atomic E-state index is 0.0459. The molecule has 0 spiro atoms. The maximum Gasteiger partial charge on any atom is 0.296 e. The molecule has 2 aliphatic carbocycles. The van der Waals surface area contributed by atoms with E-state index in [1.165, 1.54) is 60.7 Å². The maximum absolute atomic E-state index is 14.5. The molecule has 0 fully saturated rings. The van der Waals surface area contributed by atoms with Crippen LogP contribution in [0.1, 0.15) is 71.0 Å². The van der Waals surface area contributed by atoms with Gasteiger partial charge in [0.25, 0.3) is 35.9 Å². The number of aromatic amines is 1. The van der Waals surface area contributed by atoms with Crippen LogP contribution in [0, 0.1) is 5.92 Å². The highest BCUT2D eigenvalue weighted by molar-refractivity contribution is 7.87. The topological polar surface area (TPSA) is 276 Å². The fourth-order valence-corrected chi connectivity index (χ4v) is 10.1. The fourth-order valence-electron chi connectivity index (χ4n) is 7.90. The number of anilines is 2. The van der Waals surface area contributed by atoms with Gasteiger partial charge in [-0.3, -0.25) is 37.6 Å². The Morgan fingerprint density at radius 3 is 1.75 bits per heavy atom. The van der Waals surface area contributed by atoms with Gasteiger partial charge < -0.3 is 10.3 Å². The van der Waals surface area contributed by atoms with E-state index in [0.29, 0.717) is 12.1 Å². The summed E-state index contributed by atoms with van der Waals surface area (Å²) < 4.78 is 108. The molecule has 304 valence electrons. The number of benzene rings is 5. The van der Waals surface area contributed by atoms with Crippen LogP contribution in [-0.4, -0.2) is 67.0 Å². The number of nitrogens with one attached hydrogen (secondary N) is 2. The number of fused-ring (bicyclic) bond motifs is 3. The fraction of sp³-hybridized carbons (Fsp3) is 0.0976. The lowest BCUT2D eigenvalue weighted by molar-refractivity contribution is 0.0828. The zero-order valence-corrected chi connectivity index (χ0v) is 32.9. The predicted octanol–water partition coefficient (Wildman–Crippen LogP) is 5.47. The normalized spacial score (nSPS) is 14.0. The Morgan fingerprint density at radius 1 is 0.617 bits per heavy atom. The molecule has 2 aliphatic rings. The zero-order chi connectivity index (χ0) is 43.1. The summed E-state index contributed by atoms with van der Waals surface area (Å²) in [4.78, 5) is 67.6. The molecule has 1 heterocycles. The number of H-pyrrole nitrogens is 1. The second kappa shape index (κ2) is 14.4. The van der Waals surface area contributed by atoms with Gasteiger partial charge in [-0.15, -0.1) is 0 Å². The first-order valence-corrected chi connectivity index (χ1v) is 22.1. The number of carbonyl (C=O) groups excluding carboxylic acids is 4. The second-order valence-corrected chi connectivity index (χ2v) is 18.2. The van der Waals surface area contributed by atoms with Crippen molar-refractivity contribution in [2.24, 2.45) is 5.92 Å². The SMILES string of the molecule is O=C(c1ccccc1)c1c2c3c(c(Nc4cc(CCCC5C(=O)c6ccccc6C5=O)c(S(=O)(=O)O)cc4S(=O)(=O)O)cc(S(=O)(=O)O)c3[nH]c1=O)C(=O)c1ccccc1-2. The first-order valence-electron chi connectivity index (χ1n) is 17.8. The van der Waals surface area contributed by atoms with E-state index in [1.807, 2.05) is 0 Å². The van der Waals surface area contributed by atoms with Crippen molar-refractivity contribution in [3.63, 3.8) is 0 Å². The molecule has 5 aromatic carbocycles. The van der Waals surface area contributed by atoms with Crippen LogP contribution in [0.15, 0.2) is 117 Å². The summed E-state index contributed by atoms with van der Waals surface area (Å²) in [5, 5.41) is 2.26. The number of aromatic nitrogens is 1. The number of Topliss-reactive ketones (excluding diaryl/α,β-unsaturated/α-hetero) is 2. The minimum atomic E-state index is -5.42. The van der Waals surface area contributed by atoms with Crippen LogP contribution in [0.5, 0.6) is 0 Å². The zero-order valence-electron chi connectivity index (χ0n) is 30.5. The molecule has 0 bridgehead atoms. The average Bonchev–Trinajstić information content (AvgIpc) is 3.43. The van der Waals surface area contributed by atoms with Gasteiger partial charge in [0.1, 0.15) is 9.79 Å². The van der Waals surface area contributed by atoms with Gasteiger partial charge in [0, 0.05) is 33.2 Å². The molecule has 0 unspecified atom stereocenters. The monoisotopic (exact) mass is 868 g/mol. The van der Waals surface area contributed by atoms with Gasteiger partial charge >= 0.3 is 0 Å². The highest BCUT2D eigenvalue weighted by atomic mass is 32.2. The number of hydrogen-bond donors (Lipinski definition) is 5. The number of aryl methyl sites for hydroxylation is 1. The van der Waals surface area contributed by atoms with E-state index in [1.54, 1.807) is 18.2 Å². The maximum atomic E-state index is 14.5. The molecule has 8 rings (SSSR count). The number of rotatable bonds is 11. The molecular formula is C41H28N2O14S3. The van der Waals surface area contributed by atoms with Crippen LogP contribution in [0.3, 0.4) is 0 Å². The Labute approximate surface area is 340 Å². The molecule has 0 radical (unpaired) electrons. The molecule has 1 aromatic heterocycles. The molecule has 5 N–H and O–H groups in total. The van der Waals surface area contributed by atoms with Gasteiger partial charge in [0.05, 0.1) is 38.8 Å². The third kappa shape index (κ3) is 6.76. The van der Waals surface area contributed by atoms with E-state index in [4.69, 9.17) is 0 Å². The largest absolute Gasteiger partial charge is 0.354 e. The van der Waals surface area contributed by atoms with Crippen molar-refractivity contribution in [2.75, 3.05) is 5.32 Å². The Hall–Kier alpha value is -6.48. The van der Waals surface area contributed by atoms with Crippen molar-refractivity contribution in [1.82, 2.24) is 4.98 Å². The number of carbonyl (C=O) groups is 4. The second-order valence-electron chi connectivity index (χ2n) is 14.0. The smallest absolute Gasteiger partial charge is 0.296 e. The van der Waals surface area contributed by atoms with Crippen LogP contribution in [-0.2, 0) is 36.8 Å². The van der Waals surface area contributed by atoms with Crippen molar-refractivity contribution in [3.8, 4) is 11.1 Å². The summed E-state index contributed by atoms with van der Waals surface area (Å²) in [6.45, 7) is 0. The van der Waals surface area contributed by atoms with E-state index in [9.17, 15) is 62.9 Å². The van der Waals surface area contributed by atoms with Crippen LogP contribution in [0.2, 0.25) is 0 Å². The molecule has 6 aromatic rings. The van der Waals surface area contributed by atoms with Crippen molar-refractivity contribution >= 4 is 75.8 Å². The van der Waals surface area contributed by atoms with E-state index in [2.05, 4.69) is 10.3 Å². The number of hydrogen-bond acceptors (Lipinski definition) is 12. The van der Waals surface area contributed by atoms with Gasteiger partial charge in [0.15, 0.2) is 23.1 Å². The Kier molecular flexibility index (Phi) is 9.65. The van der Waals surface area contributed by atoms with Crippen LogP contribution < -0.4 is 10.9 Å². The third-order valence-electron chi connectivity index (χ3n) is 10.5. The van der Waals surface area contributed by atoms with E-state index in [0.717, 1.165) is 6.07 Å². The van der Waals surface area contributed by atoms with Gasteiger partial charge in [-0.1, -0.05) is 78.9 Å². The Morgan fingerprint density at radius 2 is 1.17 bits per heavy atom. The third-order valence-corrected chi connectivity index (χ3v) is 13.2. The summed E-state index contributed by atoms with van der Waals surface area (Å²) in [7, 11) is -16.0. The van der Waals surface area contributed by atoms with Crippen LogP contribution in [0.25, 0.3) is 22.0 Å². The molecule has 60 heavy (non-hydrogen) atoms. The molecule has 0 saturated heterocycles.